The molecule has 3 aliphatic rings. The number of hydrogen-bond donors (Lipinski definition) is 2. The molecule has 0 bridgehead atoms. The number of carbonyl (C=O) groups excluding carboxylic acids is 1. The third kappa shape index (κ3) is 7.10. The Morgan fingerprint density at radius 3 is 2.25 bits per heavy atom. The van der Waals surface area contributed by atoms with Gasteiger partial charge in [0.2, 0.25) is 0 Å². The van der Waals surface area contributed by atoms with E-state index in [9.17, 15) is 9.90 Å². The van der Waals surface area contributed by atoms with E-state index >= 15 is 0 Å². The lowest BCUT2D eigenvalue weighted by Gasteiger charge is -2.59. The van der Waals surface area contributed by atoms with Gasteiger partial charge in [-0.15, -0.1) is 0 Å². The normalized spacial score (nSPS) is 23.6. The van der Waals surface area contributed by atoms with Crippen LogP contribution in [0.4, 0.5) is 10.5 Å². The van der Waals surface area contributed by atoms with Gasteiger partial charge in [-0.2, -0.15) is 0 Å². The molecule has 0 radical (unpaired) electrons. The van der Waals surface area contributed by atoms with Crippen molar-refractivity contribution in [3.8, 4) is 17.6 Å². The maximum absolute atomic E-state index is 13.5. The van der Waals surface area contributed by atoms with Gasteiger partial charge in [0.25, 0.3) is 0 Å². The number of urea groups is 1. The van der Waals surface area contributed by atoms with Crippen molar-refractivity contribution >= 4 is 11.7 Å². The highest BCUT2D eigenvalue weighted by Crippen LogP contribution is 2.43. The van der Waals surface area contributed by atoms with Crippen LogP contribution in [0, 0.1) is 11.8 Å². The molecule has 0 aromatic heterocycles. The van der Waals surface area contributed by atoms with E-state index in [2.05, 4.69) is 51.2 Å². The number of carbonyl (C=O) groups is 1. The summed E-state index contributed by atoms with van der Waals surface area (Å²) in [6, 6.07) is 26.9. The van der Waals surface area contributed by atoms with E-state index in [-0.39, 0.29) is 12.1 Å². The molecule has 6 rings (SSSR count). The minimum Gasteiger partial charge on any atom is -0.497 e. The number of aliphatic hydroxyl groups is 1. The number of likely N-dealkylation sites (tertiary alicyclic amines) is 1. The summed E-state index contributed by atoms with van der Waals surface area (Å²) in [5.41, 5.74) is 3.52. The number of benzene rings is 3. The maximum Gasteiger partial charge on any atom is 0.321 e. The molecule has 0 unspecified atom stereocenters. The van der Waals surface area contributed by atoms with Crippen molar-refractivity contribution in [1.29, 1.82) is 0 Å². The average Bonchev–Trinajstić information content (AvgIpc) is 3.03. The average molecular weight is 593 g/mol. The fourth-order valence-corrected chi connectivity index (χ4v) is 6.94. The molecule has 44 heavy (non-hydrogen) atoms. The van der Waals surface area contributed by atoms with E-state index in [4.69, 9.17) is 4.74 Å². The quantitative estimate of drug-likeness (QED) is 0.388. The maximum atomic E-state index is 13.5. The first kappa shape index (κ1) is 30.2. The monoisotopic (exact) mass is 592 g/mol. The van der Waals surface area contributed by atoms with Gasteiger partial charge in [0.1, 0.15) is 5.75 Å². The molecule has 7 heteroatoms. The Bertz CT molecular complexity index is 1450. The summed E-state index contributed by atoms with van der Waals surface area (Å²) in [7, 11) is 1.64. The van der Waals surface area contributed by atoms with Crippen molar-refractivity contribution in [1.82, 2.24) is 14.7 Å². The third-order valence-electron chi connectivity index (χ3n) is 9.61. The number of nitrogens with one attached hydrogen (secondary N) is 1. The Balaban J connectivity index is 1.21. The second kappa shape index (κ2) is 13.4. The largest absolute Gasteiger partial charge is 0.497 e. The van der Waals surface area contributed by atoms with Crippen molar-refractivity contribution in [2.24, 2.45) is 0 Å². The molecule has 3 fully saturated rings. The number of fused-ring (bicyclic) bond motifs is 1. The lowest BCUT2D eigenvalue weighted by atomic mass is 9.73. The second-order valence-corrected chi connectivity index (χ2v) is 12.7. The number of rotatable bonds is 5. The molecule has 7 nitrogen and oxygen atoms in total. The summed E-state index contributed by atoms with van der Waals surface area (Å²) >= 11 is 0. The van der Waals surface area contributed by atoms with Gasteiger partial charge in [0.05, 0.1) is 12.7 Å². The van der Waals surface area contributed by atoms with Gasteiger partial charge >= 0.3 is 6.03 Å². The number of piperidine rings is 1. The first-order valence-electron chi connectivity index (χ1n) is 16.0. The molecule has 3 saturated heterocycles. The van der Waals surface area contributed by atoms with Crippen molar-refractivity contribution in [2.75, 3.05) is 51.7 Å². The highest BCUT2D eigenvalue weighted by molar-refractivity contribution is 5.89. The van der Waals surface area contributed by atoms with Crippen LogP contribution in [-0.2, 0) is 0 Å². The first-order valence-corrected chi connectivity index (χ1v) is 16.0. The molecule has 0 saturated carbocycles. The number of ether oxygens (including phenoxy) is 1. The highest BCUT2D eigenvalue weighted by atomic mass is 16.5. The summed E-state index contributed by atoms with van der Waals surface area (Å²) in [5.74, 6) is 7.66. The number of anilines is 1. The minimum atomic E-state index is -0.563. The van der Waals surface area contributed by atoms with E-state index in [1.165, 1.54) is 5.56 Å². The van der Waals surface area contributed by atoms with Crippen LogP contribution in [0.5, 0.6) is 5.75 Å². The highest BCUT2D eigenvalue weighted by Gasteiger charge is 2.50. The zero-order valence-electron chi connectivity index (χ0n) is 25.9. The zero-order chi connectivity index (χ0) is 30.5. The van der Waals surface area contributed by atoms with Gasteiger partial charge in [0.15, 0.2) is 0 Å². The van der Waals surface area contributed by atoms with E-state index in [1.807, 2.05) is 66.4 Å². The molecule has 3 aromatic carbocycles. The Morgan fingerprint density at radius 2 is 1.57 bits per heavy atom. The molecule has 3 heterocycles. The molecular weight excluding hydrogens is 548 g/mol. The van der Waals surface area contributed by atoms with Gasteiger partial charge in [-0.3, -0.25) is 4.90 Å². The van der Waals surface area contributed by atoms with Crippen LogP contribution in [0.2, 0.25) is 0 Å². The van der Waals surface area contributed by atoms with Crippen LogP contribution in [-0.4, -0.2) is 89.9 Å². The van der Waals surface area contributed by atoms with Crippen LogP contribution in [0.3, 0.4) is 0 Å². The molecule has 0 aliphatic carbocycles. The molecular formula is C37H44N4O3. The van der Waals surface area contributed by atoms with Gasteiger partial charge in [0, 0.05) is 67.5 Å². The SMILES string of the molecule is COc1ccc(NC(=O)N2CCCCN3[C@H](CN4CCC(C)(O)CC4)[C@H](c4ccc(C#Cc5ccccc5)cc4)[C@@H]3C2)cc1. The fraction of sp³-hybridized carbons (Fsp3) is 0.432. The zero-order valence-corrected chi connectivity index (χ0v) is 25.9. The lowest BCUT2D eigenvalue weighted by Crippen LogP contribution is -2.69. The molecule has 0 spiro atoms. The van der Waals surface area contributed by atoms with E-state index in [1.54, 1.807) is 7.11 Å². The summed E-state index contributed by atoms with van der Waals surface area (Å²) in [6.07, 6.45) is 3.66. The van der Waals surface area contributed by atoms with Gasteiger partial charge in [-0.1, -0.05) is 42.2 Å². The number of nitrogens with zero attached hydrogens (tertiary/aromatic N) is 3. The van der Waals surface area contributed by atoms with E-state index < -0.39 is 5.60 Å². The van der Waals surface area contributed by atoms with Crippen molar-refractivity contribution < 1.29 is 14.6 Å². The third-order valence-corrected chi connectivity index (χ3v) is 9.61. The number of hydrogen-bond acceptors (Lipinski definition) is 5. The number of methoxy groups -OCH3 is 1. The molecule has 3 atom stereocenters. The predicted molar refractivity (Wildman–Crippen MR) is 175 cm³/mol. The molecule has 230 valence electrons. The van der Waals surface area contributed by atoms with Crippen molar-refractivity contribution in [2.45, 2.75) is 56.2 Å². The van der Waals surface area contributed by atoms with Crippen LogP contribution in [0.25, 0.3) is 0 Å². The molecule has 3 aromatic rings. The Morgan fingerprint density at radius 1 is 0.909 bits per heavy atom. The van der Waals surface area contributed by atoms with Crippen molar-refractivity contribution in [3.63, 3.8) is 0 Å². The van der Waals surface area contributed by atoms with Crippen molar-refractivity contribution in [3.05, 3.63) is 95.6 Å². The van der Waals surface area contributed by atoms with Gasteiger partial charge < -0.3 is 25.0 Å². The molecule has 2 N–H and O–H groups in total. The Kier molecular flexibility index (Phi) is 9.22. The van der Waals surface area contributed by atoms with Crippen LogP contribution in [0.15, 0.2) is 78.9 Å². The van der Waals surface area contributed by atoms with Crippen LogP contribution in [0.1, 0.15) is 55.2 Å². The van der Waals surface area contributed by atoms with Gasteiger partial charge in [-0.25, -0.2) is 4.79 Å². The summed E-state index contributed by atoms with van der Waals surface area (Å²) in [6.45, 7) is 7.25. The Hall–Kier alpha value is -3.83. The summed E-state index contributed by atoms with van der Waals surface area (Å²) in [4.78, 5) is 20.7. The predicted octanol–water partition coefficient (Wildman–Crippen LogP) is 5.41. The number of amides is 2. The second-order valence-electron chi connectivity index (χ2n) is 12.7. The smallest absolute Gasteiger partial charge is 0.321 e. The van der Waals surface area contributed by atoms with Gasteiger partial charge in [-0.05, 0) is 93.2 Å². The van der Waals surface area contributed by atoms with Crippen LogP contribution >= 0.6 is 0 Å². The van der Waals surface area contributed by atoms with E-state index in [0.717, 1.165) is 81.0 Å². The standard InChI is InChI=1S/C37H44N4O3/c1-37(43)20-24-39(25-21-37)26-33-35(30-14-12-29(13-15-30)11-10-28-8-4-3-5-9-28)34-27-40(22-6-7-23-41(33)34)36(42)38-31-16-18-32(44-2)19-17-31/h3-5,8-9,12-19,33-35,43H,6-7,20-27H2,1-2H3,(H,38,42)/t33-,34+,35+/m1/s1. The topological polar surface area (TPSA) is 68.3 Å². The fourth-order valence-electron chi connectivity index (χ4n) is 6.94. The van der Waals surface area contributed by atoms with E-state index in [0.29, 0.717) is 18.5 Å². The summed E-state index contributed by atoms with van der Waals surface area (Å²) < 4.78 is 5.27. The summed E-state index contributed by atoms with van der Waals surface area (Å²) in [5, 5.41) is 13.7. The molecule has 3 aliphatic heterocycles. The minimum absolute atomic E-state index is 0.0518. The molecule has 2 amide bonds. The first-order chi connectivity index (χ1) is 21.4. The Labute approximate surface area is 261 Å². The van der Waals surface area contributed by atoms with Crippen LogP contribution < -0.4 is 10.1 Å². The lowest BCUT2D eigenvalue weighted by molar-refractivity contribution is -0.0647.